The van der Waals surface area contributed by atoms with Crippen LogP contribution in [0.2, 0.25) is 0 Å². The maximum absolute atomic E-state index is 5.76. The number of hydrogen-bond donors (Lipinski definition) is 1. The molecule has 2 heteroatoms. The van der Waals surface area contributed by atoms with Gasteiger partial charge in [0.1, 0.15) is 12.4 Å². The Morgan fingerprint density at radius 3 is 2.41 bits per heavy atom. The lowest BCUT2D eigenvalue weighted by atomic mass is 10.1. The van der Waals surface area contributed by atoms with Crippen LogP contribution in [0.15, 0.2) is 24.3 Å². The van der Waals surface area contributed by atoms with Crippen molar-refractivity contribution in [2.45, 2.75) is 34.2 Å². The number of benzene rings is 1. The van der Waals surface area contributed by atoms with E-state index < -0.39 is 0 Å². The molecule has 0 bridgehead atoms. The molecule has 0 spiro atoms. The van der Waals surface area contributed by atoms with Crippen molar-refractivity contribution < 1.29 is 4.74 Å². The number of ether oxygens (including phenoxy) is 1. The fraction of sp³-hybridized carbons (Fsp3) is 0.467. The Bertz CT molecular complexity index is 360. The summed E-state index contributed by atoms with van der Waals surface area (Å²) >= 11 is 0. The standard InChI is InChI=1S/C15H23NO/c1-5-7-8-17-15-12(3)9-14(10-13(15)4)11-16-6-2/h5,7,9-10,16H,6,8,11H2,1-4H3/b7-5+. The van der Waals surface area contributed by atoms with Crippen molar-refractivity contribution in [3.8, 4) is 5.75 Å². The predicted octanol–water partition coefficient (Wildman–Crippen LogP) is 3.37. The van der Waals surface area contributed by atoms with Crippen LogP contribution in [0.3, 0.4) is 0 Å². The van der Waals surface area contributed by atoms with E-state index in [0.717, 1.165) is 18.8 Å². The molecule has 17 heavy (non-hydrogen) atoms. The maximum atomic E-state index is 5.76. The fourth-order valence-electron chi connectivity index (χ4n) is 1.87. The van der Waals surface area contributed by atoms with Crippen molar-refractivity contribution in [3.63, 3.8) is 0 Å². The van der Waals surface area contributed by atoms with Crippen LogP contribution in [0.25, 0.3) is 0 Å². The molecule has 94 valence electrons. The van der Waals surface area contributed by atoms with Crippen molar-refractivity contribution in [2.24, 2.45) is 0 Å². The van der Waals surface area contributed by atoms with E-state index in [2.05, 4.69) is 38.2 Å². The summed E-state index contributed by atoms with van der Waals surface area (Å²) in [4.78, 5) is 0. The zero-order valence-corrected chi connectivity index (χ0v) is 11.3. The molecule has 0 radical (unpaired) electrons. The molecular formula is C15H23NO. The van der Waals surface area contributed by atoms with Gasteiger partial charge in [-0.2, -0.15) is 0 Å². The molecule has 1 N–H and O–H groups in total. The lowest BCUT2D eigenvalue weighted by Crippen LogP contribution is -2.12. The average molecular weight is 233 g/mol. The Kier molecular flexibility index (Phi) is 5.78. The summed E-state index contributed by atoms with van der Waals surface area (Å²) in [7, 11) is 0. The van der Waals surface area contributed by atoms with Crippen LogP contribution in [-0.2, 0) is 6.54 Å². The molecular weight excluding hydrogens is 210 g/mol. The molecule has 0 atom stereocenters. The number of allylic oxidation sites excluding steroid dienone is 1. The highest BCUT2D eigenvalue weighted by Crippen LogP contribution is 2.24. The first-order valence-corrected chi connectivity index (χ1v) is 6.23. The second-order valence-electron chi connectivity index (χ2n) is 4.22. The van der Waals surface area contributed by atoms with Crippen LogP contribution in [0.5, 0.6) is 5.75 Å². The fourth-order valence-corrected chi connectivity index (χ4v) is 1.87. The first-order valence-electron chi connectivity index (χ1n) is 6.23. The van der Waals surface area contributed by atoms with E-state index in [0.29, 0.717) is 6.61 Å². The largest absolute Gasteiger partial charge is 0.489 e. The van der Waals surface area contributed by atoms with Crippen LogP contribution >= 0.6 is 0 Å². The summed E-state index contributed by atoms with van der Waals surface area (Å²) in [6.45, 7) is 10.9. The van der Waals surface area contributed by atoms with Gasteiger partial charge >= 0.3 is 0 Å². The SMILES string of the molecule is C/C=C/COc1c(C)cc(CNCC)cc1C. The zero-order valence-electron chi connectivity index (χ0n) is 11.3. The Morgan fingerprint density at radius 1 is 1.24 bits per heavy atom. The number of aryl methyl sites for hydroxylation is 2. The molecule has 1 rings (SSSR count). The van der Waals surface area contributed by atoms with E-state index in [9.17, 15) is 0 Å². The van der Waals surface area contributed by atoms with Gasteiger partial charge in [0, 0.05) is 6.54 Å². The molecule has 0 aromatic heterocycles. The third kappa shape index (κ3) is 4.23. The summed E-state index contributed by atoms with van der Waals surface area (Å²) < 4.78 is 5.76. The van der Waals surface area contributed by atoms with Gasteiger partial charge < -0.3 is 10.1 Å². The highest BCUT2D eigenvalue weighted by molar-refractivity contribution is 5.43. The summed E-state index contributed by atoms with van der Waals surface area (Å²) in [6.07, 6.45) is 4.02. The molecule has 0 saturated heterocycles. The van der Waals surface area contributed by atoms with Crippen molar-refractivity contribution in [3.05, 3.63) is 41.0 Å². The summed E-state index contributed by atoms with van der Waals surface area (Å²) in [6, 6.07) is 4.39. The van der Waals surface area contributed by atoms with Gasteiger partial charge in [-0.1, -0.05) is 31.2 Å². The van der Waals surface area contributed by atoms with Gasteiger partial charge in [-0.05, 0) is 44.0 Å². The molecule has 1 aromatic carbocycles. The van der Waals surface area contributed by atoms with Gasteiger partial charge in [0.15, 0.2) is 0 Å². The van der Waals surface area contributed by atoms with Crippen LogP contribution in [0.1, 0.15) is 30.5 Å². The van der Waals surface area contributed by atoms with E-state index in [4.69, 9.17) is 4.74 Å². The molecule has 2 nitrogen and oxygen atoms in total. The Balaban J connectivity index is 2.78. The monoisotopic (exact) mass is 233 g/mol. The molecule has 0 aliphatic rings. The van der Waals surface area contributed by atoms with Crippen LogP contribution in [0, 0.1) is 13.8 Å². The lowest BCUT2D eigenvalue weighted by Gasteiger charge is -2.13. The second-order valence-corrected chi connectivity index (χ2v) is 4.22. The van der Waals surface area contributed by atoms with Gasteiger partial charge in [-0.25, -0.2) is 0 Å². The molecule has 0 amide bonds. The predicted molar refractivity (Wildman–Crippen MR) is 73.6 cm³/mol. The highest BCUT2D eigenvalue weighted by atomic mass is 16.5. The Labute approximate surface area is 105 Å². The third-order valence-electron chi connectivity index (χ3n) is 2.66. The average Bonchev–Trinajstić information content (AvgIpc) is 2.30. The first kappa shape index (κ1) is 13.8. The minimum Gasteiger partial charge on any atom is -0.489 e. The molecule has 0 fully saturated rings. The molecule has 0 aliphatic heterocycles. The molecule has 1 aromatic rings. The number of rotatable bonds is 6. The van der Waals surface area contributed by atoms with Gasteiger partial charge in [0.05, 0.1) is 0 Å². The van der Waals surface area contributed by atoms with E-state index >= 15 is 0 Å². The van der Waals surface area contributed by atoms with Gasteiger partial charge in [-0.3, -0.25) is 0 Å². The van der Waals surface area contributed by atoms with E-state index in [1.807, 2.05) is 19.1 Å². The number of nitrogens with one attached hydrogen (secondary N) is 1. The van der Waals surface area contributed by atoms with Gasteiger partial charge in [-0.15, -0.1) is 0 Å². The van der Waals surface area contributed by atoms with Crippen molar-refractivity contribution in [1.29, 1.82) is 0 Å². The molecule has 0 aliphatic carbocycles. The molecule has 0 unspecified atom stereocenters. The van der Waals surface area contributed by atoms with Gasteiger partial charge in [0.2, 0.25) is 0 Å². The van der Waals surface area contributed by atoms with Gasteiger partial charge in [0.25, 0.3) is 0 Å². The van der Waals surface area contributed by atoms with Crippen LogP contribution in [-0.4, -0.2) is 13.2 Å². The summed E-state index contributed by atoms with van der Waals surface area (Å²) in [5, 5.41) is 3.34. The summed E-state index contributed by atoms with van der Waals surface area (Å²) in [5.74, 6) is 1.02. The molecule has 0 saturated carbocycles. The quantitative estimate of drug-likeness (QED) is 0.761. The number of hydrogen-bond acceptors (Lipinski definition) is 2. The smallest absolute Gasteiger partial charge is 0.125 e. The summed E-state index contributed by atoms with van der Waals surface area (Å²) in [5.41, 5.74) is 3.74. The highest BCUT2D eigenvalue weighted by Gasteiger charge is 2.05. The van der Waals surface area contributed by atoms with Crippen molar-refractivity contribution in [1.82, 2.24) is 5.32 Å². The van der Waals surface area contributed by atoms with Crippen molar-refractivity contribution >= 4 is 0 Å². The minimum absolute atomic E-state index is 0.644. The topological polar surface area (TPSA) is 21.3 Å². The van der Waals surface area contributed by atoms with Crippen molar-refractivity contribution in [2.75, 3.05) is 13.2 Å². The maximum Gasteiger partial charge on any atom is 0.125 e. The molecule has 0 heterocycles. The van der Waals surface area contributed by atoms with E-state index in [1.165, 1.54) is 16.7 Å². The third-order valence-corrected chi connectivity index (χ3v) is 2.66. The Hall–Kier alpha value is -1.28. The zero-order chi connectivity index (χ0) is 12.7. The normalized spacial score (nSPS) is 11.1. The Morgan fingerprint density at radius 2 is 1.88 bits per heavy atom. The van der Waals surface area contributed by atoms with Crippen LogP contribution in [0.4, 0.5) is 0 Å². The lowest BCUT2D eigenvalue weighted by molar-refractivity contribution is 0.357. The first-order chi connectivity index (χ1) is 8.19. The van der Waals surface area contributed by atoms with Crippen LogP contribution < -0.4 is 10.1 Å². The minimum atomic E-state index is 0.644. The van der Waals surface area contributed by atoms with E-state index in [1.54, 1.807) is 0 Å². The van der Waals surface area contributed by atoms with E-state index in [-0.39, 0.29) is 0 Å². The second kappa shape index (κ2) is 7.13.